The molecule has 2 N–H and O–H groups in total. The molecule has 0 saturated heterocycles. The van der Waals surface area contributed by atoms with E-state index in [1.165, 1.54) is 0 Å². The molecule has 0 amide bonds. The standard InChI is InChI=1S/C9H14N2/c1-7(2)9(10)8-5-3-4-6-11-8/h3-7,9H,10H2,1-2H3/t9-/m1/s1. The maximum Gasteiger partial charge on any atom is 0.0573 e. The molecule has 1 atom stereocenters. The number of nitrogens with two attached hydrogens (primary N) is 1. The first-order valence-electron chi connectivity index (χ1n) is 3.88. The van der Waals surface area contributed by atoms with Crippen LogP contribution in [0.25, 0.3) is 0 Å². The highest BCUT2D eigenvalue weighted by Crippen LogP contribution is 2.15. The fraction of sp³-hybridized carbons (Fsp3) is 0.444. The molecule has 11 heavy (non-hydrogen) atoms. The molecule has 0 aliphatic carbocycles. The molecule has 0 bridgehead atoms. The lowest BCUT2D eigenvalue weighted by Crippen LogP contribution is -2.17. The molecule has 2 nitrogen and oxygen atoms in total. The zero-order chi connectivity index (χ0) is 8.27. The van der Waals surface area contributed by atoms with E-state index in [4.69, 9.17) is 5.73 Å². The Labute approximate surface area is 67.5 Å². The molecule has 0 unspecified atom stereocenters. The molecule has 1 aromatic heterocycles. The van der Waals surface area contributed by atoms with Gasteiger partial charge in [0.15, 0.2) is 0 Å². The van der Waals surface area contributed by atoms with Crippen LogP contribution in [0.3, 0.4) is 0 Å². The third-order valence-electron chi connectivity index (χ3n) is 1.75. The van der Waals surface area contributed by atoms with Gasteiger partial charge in [-0.05, 0) is 18.1 Å². The second-order valence-electron chi connectivity index (χ2n) is 3.02. The third-order valence-corrected chi connectivity index (χ3v) is 1.75. The van der Waals surface area contributed by atoms with Gasteiger partial charge in [-0.2, -0.15) is 0 Å². The number of hydrogen-bond acceptors (Lipinski definition) is 2. The Kier molecular flexibility index (Phi) is 2.60. The van der Waals surface area contributed by atoms with Crippen LogP contribution >= 0.6 is 0 Å². The Balaban J connectivity index is 2.77. The van der Waals surface area contributed by atoms with Crippen molar-refractivity contribution < 1.29 is 0 Å². The van der Waals surface area contributed by atoms with Crippen molar-refractivity contribution in [2.75, 3.05) is 0 Å². The maximum absolute atomic E-state index is 5.88. The fourth-order valence-corrected chi connectivity index (χ4v) is 0.915. The van der Waals surface area contributed by atoms with Crippen molar-refractivity contribution in [3.8, 4) is 0 Å². The summed E-state index contributed by atoms with van der Waals surface area (Å²) in [5.41, 5.74) is 6.85. The summed E-state index contributed by atoms with van der Waals surface area (Å²) in [4.78, 5) is 4.17. The van der Waals surface area contributed by atoms with Gasteiger partial charge < -0.3 is 5.73 Å². The molecule has 60 valence electrons. The molecule has 1 rings (SSSR count). The summed E-state index contributed by atoms with van der Waals surface area (Å²) in [6, 6.07) is 5.89. The van der Waals surface area contributed by atoms with Gasteiger partial charge in [0, 0.05) is 12.2 Å². The van der Waals surface area contributed by atoms with Crippen molar-refractivity contribution in [2.24, 2.45) is 11.7 Å². The summed E-state index contributed by atoms with van der Waals surface area (Å²) in [6.45, 7) is 4.19. The van der Waals surface area contributed by atoms with E-state index in [2.05, 4.69) is 18.8 Å². The van der Waals surface area contributed by atoms with E-state index in [1.54, 1.807) is 6.20 Å². The summed E-state index contributed by atoms with van der Waals surface area (Å²) in [5.74, 6) is 0.449. The minimum absolute atomic E-state index is 0.0659. The highest BCUT2D eigenvalue weighted by Gasteiger charge is 2.09. The number of aromatic nitrogens is 1. The summed E-state index contributed by atoms with van der Waals surface area (Å²) in [6.07, 6.45) is 1.78. The van der Waals surface area contributed by atoms with Crippen molar-refractivity contribution >= 4 is 0 Å². The van der Waals surface area contributed by atoms with E-state index >= 15 is 0 Å². The van der Waals surface area contributed by atoms with Gasteiger partial charge in [0.1, 0.15) is 0 Å². The first kappa shape index (κ1) is 8.21. The van der Waals surface area contributed by atoms with Crippen molar-refractivity contribution in [3.05, 3.63) is 30.1 Å². The van der Waals surface area contributed by atoms with E-state index in [1.807, 2.05) is 18.2 Å². The number of rotatable bonds is 2. The summed E-state index contributed by atoms with van der Waals surface area (Å²) < 4.78 is 0. The first-order chi connectivity index (χ1) is 5.22. The molecule has 2 heteroatoms. The number of pyridine rings is 1. The highest BCUT2D eigenvalue weighted by atomic mass is 14.8. The van der Waals surface area contributed by atoms with E-state index in [0.717, 1.165) is 5.69 Å². The van der Waals surface area contributed by atoms with E-state index in [0.29, 0.717) is 5.92 Å². The second kappa shape index (κ2) is 3.49. The van der Waals surface area contributed by atoms with Crippen LogP contribution in [-0.2, 0) is 0 Å². The number of hydrogen-bond donors (Lipinski definition) is 1. The molecule has 1 aromatic rings. The normalized spacial score (nSPS) is 13.5. The van der Waals surface area contributed by atoms with Crippen LogP contribution in [0.5, 0.6) is 0 Å². The van der Waals surface area contributed by atoms with Gasteiger partial charge in [0.05, 0.1) is 5.69 Å². The molecule has 0 aliphatic heterocycles. The van der Waals surface area contributed by atoms with Crippen LogP contribution in [0.4, 0.5) is 0 Å². The zero-order valence-electron chi connectivity index (χ0n) is 6.99. The van der Waals surface area contributed by atoms with Crippen molar-refractivity contribution in [1.82, 2.24) is 4.98 Å². The van der Waals surface area contributed by atoms with Gasteiger partial charge in [-0.1, -0.05) is 19.9 Å². The molecule has 0 fully saturated rings. The third kappa shape index (κ3) is 2.02. The van der Waals surface area contributed by atoms with E-state index in [-0.39, 0.29) is 6.04 Å². The lowest BCUT2D eigenvalue weighted by atomic mass is 10.0. The molecule has 0 aromatic carbocycles. The summed E-state index contributed by atoms with van der Waals surface area (Å²) in [5, 5.41) is 0. The van der Waals surface area contributed by atoms with Crippen molar-refractivity contribution in [3.63, 3.8) is 0 Å². The van der Waals surface area contributed by atoms with Crippen LogP contribution in [0.1, 0.15) is 25.6 Å². The SMILES string of the molecule is CC(C)[C@@H](N)c1ccccn1. The molecule has 1 heterocycles. The minimum atomic E-state index is 0.0659. The van der Waals surface area contributed by atoms with Gasteiger partial charge in [-0.25, -0.2) is 0 Å². The minimum Gasteiger partial charge on any atom is -0.322 e. The van der Waals surface area contributed by atoms with Crippen LogP contribution in [0.15, 0.2) is 24.4 Å². The van der Waals surface area contributed by atoms with Crippen molar-refractivity contribution in [1.29, 1.82) is 0 Å². The van der Waals surface area contributed by atoms with E-state index in [9.17, 15) is 0 Å². The Morgan fingerprint density at radius 2 is 2.09 bits per heavy atom. The molecule has 0 aliphatic rings. The predicted octanol–water partition coefficient (Wildman–Crippen LogP) is 1.74. The van der Waals surface area contributed by atoms with Crippen LogP contribution in [-0.4, -0.2) is 4.98 Å². The Hall–Kier alpha value is -0.890. The lowest BCUT2D eigenvalue weighted by molar-refractivity contribution is 0.503. The van der Waals surface area contributed by atoms with Gasteiger partial charge in [-0.3, -0.25) is 4.98 Å². The average molecular weight is 150 g/mol. The molecular formula is C9H14N2. The predicted molar refractivity (Wildman–Crippen MR) is 46.0 cm³/mol. The molecule has 0 spiro atoms. The molecule has 0 radical (unpaired) electrons. The highest BCUT2D eigenvalue weighted by molar-refractivity contribution is 5.08. The largest absolute Gasteiger partial charge is 0.322 e. The first-order valence-corrected chi connectivity index (χ1v) is 3.88. The lowest BCUT2D eigenvalue weighted by Gasteiger charge is -2.13. The topological polar surface area (TPSA) is 38.9 Å². The summed E-state index contributed by atoms with van der Waals surface area (Å²) >= 11 is 0. The fourth-order valence-electron chi connectivity index (χ4n) is 0.915. The van der Waals surface area contributed by atoms with Crippen LogP contribution in [0.2, 0.25) is 0 Å². The zero-order valence-corrected chi connectivity index (χ0v) is 6.99. The average Bonchev–Trinajstić information content (AvgIpc) is 2.05. The number of nitrogens with zero attached hydrogens (tertiary/aromatic N) is 1. The smallest absolute Gasteiger partial charge is 0.0573 e. The van der Waals surface area contributed by atoms with Gasteiger partial charge in [0.2, 0.25) is 0 Å². The van der Waals surface area contributed by atoms with Gasteiger partial charge >= 0.3 is 0 Å². The molecule has 0 saturated carbocycles. The van der Waals surface area contributed by atoms with Gasteiger partial charge in [0.25, 0.3) is 0 Å². The monoisotopic (exact) mass is 150 g/mol. The Morgan fingerprint density at radius 3 is 2.55 bits per heavy atom. The molecular weight excluding hydrogens is 136 g/mol. The van der Waals surface area contributed by atoms with Crippen molar-refractivity contribution in [2.45, 2.75) is 19.9 Å². The van der Waals surface area contributed by atoms with Crippen LogP contribution < -0.4 is 5.73 Å². The van der Waals surface area contributed by atoms with Crippen LogP contribution in [0, 0.1) is 5.92 Å². The quantitative estimate of drug-likeness (QED) is 0.697. The van der Waals surface area contributed by atoms with Gasteiger partial charge in [-0.15, -0.1) is 0 Å². The Morgan fingerprint density at radius 1 is 1.36 bits per heavy atom. The summed E-state index contributed by atoms with van der Waals surface area (Å²) in [7, 11) is 0. The maximum atomic E-state index is 5.88. The second-order valence-corrected chi connectivity index (χ2v) is 3.02. The van der Waals surface area contributed by atoms with E-state index < -0.39 is 0 Å². The Bertz CT molecular complexity index is 206.